The van der Waals surface area contributed by atoms with Gasteiger partial charge in [-0.3, -0.25) is 0 Å². The molecule has 2 rings (SSSR count). The second kappa shape index (κ2) is 3.11. The van der Waals surface area contributed by atoms with E-state index in [2.05, 4.69) is 13.8 Å². The molecule has 0 amide bonds. The lowest BCUT2D eigenvalue weighted by atomic mass is 9.97. The standard InChI is InChI=1S/C11H12OS/c1-8(2)10-7-13(12)11-6-4-3-5-9(10)11/h3-8H,1-2H3. The van der Waals surface area contributed by atoms with Gasteiger partial charge in [0.15, 0.2) is 0 Å². The van der Waals surface area contributed by atoms with Crippen LogP contribution < -0.4 is 0 Å². The van der Waals surface area contributed by atoms with Gasteiger partial charge in [-0.05, 0) is 23.1 Å². The Morgan fingerprint density at radius 2 is 1.92 bits per heavy atom. The molecule has 1 aromatic rings. The van der Waals surface area contributed by atoms with Gasteiger partial charge in [0.05, 0.1) is 15.7 Å². The predicted octanol–water partition coefficient (Wildman–Crippen LogP) is 2.80. The molecule has 1 heterocycles. The van der Waals surface area contributed by atoms with Crippen molar-refractivity contribution < 1.29 is 4.21 Å². The topological polar surface area (TPSA) is 17.1 Å². The maximum atomic E-state index is 11.6. The van der Waals surface area contributed by atoms with Crippen molar-refractivity contribution in [2.45, 2.75) is 18.7 Å². The predicted molar refractivity (Wildman–Crippen MR) is 55.7 cm³/mol. The fourth-order valence-corrected chi connectivity index (χ4v) is 2.94. The molecule has 0 saturated carbocycles. The van der Waals surface area contributed by atoms with Crippen LogP contribution in [-0.4, -0.2) is 4.21 Å². The van der Waals surface area contributed by atoms with Crippen LogP contribution in [0.2, 0.25) is 0 Å². The van der Waals surface area contributed by atoms with Crippen molar-refractivity contribution in [2.24, 2.45) is 5.92 Å². The fourth-order valence-electron chi connectivity index (χ4n) is 1.57. The molecule has 0 aromatic heterocycles. The van der Waals surface area contributed by atoms with Crippen LogP contribution in [0.25, 0.3) is 5.57 Å². The van der Waals surface area contributed by atoms with Crippen molar-refractivity contribution in [3.63, 3.8) is 0 Å². The van der Waals surface area contributed by atoms with Gasteiger partial charge in [-0.1, -0.05) is 32.0 Å². The van der Waals surface area contributed by atoms with Crippen molar-refractivity contribution >= 4 is 16.4 Å². The molecule has 1 unspecified atom stereocenters. The minimum absolute atomic E-state index is 0.451. The zero-order valence-corrected chi connectivity index (χ0v) is 8.60. The van der Waals surface area contributed by atoms with Gasteiger partial charge in [-0.15, -0.1) is 0 Å². The van der Waals surface area contributed by atoms with E-state index in [0.717, 1.165) is 10.5 Å². The number of hydrogen-bond acceptors (Lipinski definition) is 1. The van der Waals surface area contributed by atoms with Crippen LogP contribution >= 0.6 is 0 Å². The molecule has 1 aliphatic heterocycles. The highest BCUT2D eigenvalue weighted by Crippen LogP contribution is 2.34. The Kier molecular flexibility index (Phi) is 2.08. The van der Waals surface area contributed by atoms with Crippen LogP contribution in [0, 0.1) is 5.92 Å². The molecule has 1 aliphatic rings. The first-order valence-electron chi connectivity index (χ1n) is 4.42. The molecule has 0 bridgehead atoms. The molecule has 2 heteroatoms. The van der Waals surface area contributed by atoms with Crippen LogP contribution in [0.1, 0.15) is 19.4 Å². The summed E-state index contributed by atoms with van der Waals surface area (Å²) in [4.78, 5) is 0.964. The average Bonchev–Trinajstić information content (AvgIpc) is 2.45. The van der Waals surface area contributed by atoms with E-state index in [-0.39, 0.29) is 0 Å². The Hall–Kier alpha value is -0.890. The third-order valence-corrected chi connectivity index (χ3v) is 3.53. The van der Waals surface area contributed by atoms with Gasteiger partial charge in [0.2, 0.25) is 0 Å². The smallest absolute Gasteiger partial charge is 0.0785 e. The van der Waals surface area contributed by atoms with Crippen LogP contribution in [-0.2, 0) is 10.8 Å². The summed E-state index contributed by atoms with van der Waals surface area (Å²) in [6, 6.07) is 7.93. The minimum atomic E-state index is -0.910. The Bertz CT molecular complexity index is 391. The molecule has 1 aromatic carbocycles. The second-order valence-corrected chi connectivity index (χ2v) is 4.79. The summed E-state index contributed by atoms with van der Waals surface area (Å²) in [5, 5.41) is 1.87. The zero-order valence-electron chi connectivity index (χ0n) is 7.78. The van der Waals surface area contributed by atoms with Gasteiger partial charge >= 0.3 is 0 Å². The molecule has 0 saturated heterocycles. The molecule has 1 nitrogen and oxygen atoms in total. The van der Waals surface area contributed by atoms with Gasteiger partial charge in [0.1, 0.15) is 0 Å². The summed E-state index contributed by atoms with van der Waals surface area (Å²) in [6.45, 7) is 4.26. The van der Waals surface area contributed by atoms with Crippen molar-refractivity contribution in [2.75, 3.05) is 0 Å². The van der Waals surface area contributed by atoms with Crippen molar-refractivity contribution in [1.82, 2.24) is 0 Å². The maximum absolute atomic E-state index is 11.6. The van der Waals surface area contributed by atoms with Crippen molar-refractivity contribution in [3.05, 3.63) is 35.2 Å². The first-order valence-corrected chi connectivity index (χ1v) is 5.63. The third-order valence-electron chi connectivity index (χ3n) is 2.27. The third kappa shape index (κ3) is 1.35. The Labute approximate surface area is 80.9 Å². The molecule has 13 heavy (non-hydrogen) atoms. The van der Waals surface area contributed by atoms with E-state index in [1.807, 2.05) is 29.7 Å². The fraction of sp³-hybridized carbons (Fsp3) is 0.273. The normalized spacial score (nSPS) is 20.2. The Morgan fingerprint density at radius 1 is 1.23 bits per heavy atom. The average molecular weight is 192 g/mol. The lowest BCUT2D eigenvalue weighted by molar-refractivity contribution is 0.689. The quantitative estimate of drug-likeness (QED) is 0.668. The molecule has 68 valence electrons. The number of benzene rings is 1. The molecule has 0 aliphatic carbocycles. The summed E-state index contributed by atoms with van der Waals surface area (Å²) >= 11 is 0. The van der Waals surface area contributed by atoms with Gasteiger partial charge in [0.25, 0.3) is 0 Å². The van der Waals surface area contributed by atoms with Gasteiger partial charge in [-0.2, -0.15) is 0 Å². The molecule has 0 radical (unpaired) electrons. The van der Waals surface area contributed by atoms with E-state index in [1.165, 1.54) is 5.57 Å². The van der Waals surface area contributed by atoms with Crippen molar-refractivity contribution in [1.29, 1.82) is 0 Å². The number of rotatable bonds is 1. The first-order chi connectivity index (χ1) is 6.20. The largest absolute Gasteiger partial charge is 0.250 e. The second-order valence-electron chi connectivity index (χ2n) is 3.52. The summed E-state index contributed by atoms with van der Waals surface area (Å²) in [5.74, 6) is 0.451. The molecular formula is C11H12OS. The lowest BCUT2D eigenvalue weighted by Gasteiger charge is -2.06. The highest BCUT2D eigenvalue weighted by Gasteiger charge is 2.20. The molecule has 1 atom stereocenters. The molecular weight excluding hydrogens is 180 g/mol. The molecule has 0 N–H and O–H groups in total. The summed E-state index contributed by atoms with van der Waals surface area (Å²) in [6.07, 6.45) is 0. The van der Waals surface area contributed by atoms with Crippen LogP contribution in [0.5, 0.6) is 0 Å². The van der Waals surface area contributed by atoms with E-state index in [0.29, 0.717) is 5.92 Å². The Morgan fingerprint density at radius 3 is 2.62 bits per heavy atom. The van der Waals surface area contributed by atoms with Crippen LogP contribution in [0.4, 0.5) is 0 Å². The van der Waals surface area contributed by atoms with Crippen LogP contribution in [0.15, 0.2) is 34.6 Å². The number of fused-ring (bicyclic) bond motifs is 1. The Balaban J connectivity index is 2.58. The first kappa shape index (κ1) is 8.70. The van der Waals surface area contributed by atoms with E-state index >= 15 is 0 Å². The van der Waals surface area contributed by atoms with E-state index in [1.54, 1.807) is 0 Å². The maximum Gasteiger partial charge on any atom is 0.0785 e. The van der Waals surface area contributed by atoms with E-state index < -0.39 is 10.8 Å². The van der Waals surface area contributed by atoms with Gasteiger partial charge in [-0.25, -0.2) is 4.21 Å². The highest BCUT2D eigenvalue weighted by atomic mass is 32.2. The highest BCUT2D eigenvalue weighted by molar-refractivity contribution is 7.88. The summed E-state index contributed by atoms with van der Waals surface area (Å²) in [5.41, 5.74) is 2.38. The van der Waals surface area contributed by atoms with Crippen LogP contribution in [0.3, 0.4) is 0 Å². The lowest BCUT2D eigenvalue weighted by Crippen LogP contribution is -1.90. The summed E-state index contributed by atoms with van der Waals surface area (Å²) < 4.78 is 11.6. The number of allylic oxidation sites excluding steroid dienone is 1. The number of hydrogen-bond donors (Lipinski definition) is 0. The van der Waals surface area contributed by atoms with E-state index in [9.17, 15) is 4.21 Å². The zero-order chi connectivity index (χ0) is 9.42. The monoisotopic (exact) mass is 192 g/mol. The van der Waals surface area contributed by atoms with Gasteiger partial charge in [0, 0.05) is 5.41 Å². The summed E-state index contributed by atoms with van der Waals surface area (Å²) in [7, 11) is -0.910. The van der Waals surface area contributed by atoms with Crippen molar-refractivity contribution in [3.8, 4) is 0 Å². The SMILES string of the molecule is CC(C)C1=CS(=O)c2ccccc21. The molecule has 0 spiro atoms. The molecule has 0 fully saturated rings. The minimum Gasteiger partial charge on any atom is -0.250 e. The van der Waals surface area contributed by atoms with E-state index in [4.69, 9.17) is 0 Å². The van der Waals surface area contributed by atoms with Gasteiger partial charge < -0.3 is 0 Å².